The van der Waals surface area contributed by atoms with Gasteiger partial charge in [-0.25, -0.2) is 22.9 Å². The fourth-order valence-corrected chi connectivity index (χ4v) is 5.94. The van der Waals surface area contributed by atoms with Crippen LogP contribution in [0.25, 0.3) is 11.0 Å². The first-order valence-corrected chi connectivity index (χ1v) is 13.7. The summed E-state index contributed by atoms with van der Waals surface area (Å²) in [5.74, 6) is 0.456. The molecule has 5 rings (SSSR count). The number of hydrogen-bond donors (Lipinski definition) is 3. The quantitative estimate of drug-likeness (QED) is 0.379. The van der Waals surface area contributed by atoms with Crippen molar-refractivity contribution >= 4 is 50.5 Å². The van der Waals surface area contributed by atoms with Gasteiger partial charge in [0.05, 0.1) is 53.7 Å². The summed E-state index contributed by atoms with van der Waals surface area (Å²) in [4.78, 5) is 34.8. The van der Waals surface area contributed by atoms with E-state index in [9.17, 15) is 23.1 Å². The Bertz CT molecular complexity index is 1480. The lowest BCUT2D eigenvalue weighted by Crippen LogP contribution is -2.40. The van der Waals surface area contributed by atoms with Crippen LogP contribution >= 0.6 is 11.8 Å². The summed E-state index contributed by atoms with van der Waals surface area (Å²) in [6.45, 7) is -0.330. The van der Waals surface area contributed by atoms with Gasteiger partial charge in [-0.2, -0.15) is 0 Å². The average molecular weight is 546 g/mol. The number of β-amino-alcohol motifs (C(OH)–C–C–N with tert-alkyl or cyclic N) is 1. The Hall–Kier alpha value is -3.46. The van der Waals surface area contributed by atoms with Crippen molar-refractivity contribution in [3.8, 4) is 5.88 Å². The van der Waals surface area contributed by atoms with Crippen LogP contribution in [0.3, 0.4) is 0 Å². The number of carbonyl (C=O) groups excluding carboxylic acids is 2. The van der Waals surface area contributed by atoms with E-state index in [4.69, 9.17) is 9.47 Å². The minimum Gasteiger partial charge on any atom is -0.481 e. The molecular weight excluding hydrogens is 522 g/mol. The van der Waals surface area contributed by atoms with Crippen LogP contribution in [0.1, 0.15) is 11.7 Å². The second-order valence-corrected chi connectivity index (χ2v) is 11.2. The summed E-state index contributed by atoms with van der Waals surface area (Å²) < 4.78 is 38.6. The van der Waals surface area contributed by atoms with E-state index >= 15 is 0 Å². The fraction of sp³-hybridized carbons (Fsp3) is 0.304. The molecule has 0 radical (unpaired) electrons. The highest BCUT2D eigenvalue weighted by Gasteiger charge is 2.35. The lowest BCUT2D eigenvalue weighted by molar-refractivity contribution is -0.113. The first-order valence-electron chi connectivity index (χ1n) is 11.2. The number of methoxy groups -OCH3 is 1. The van der Waals surface area contributed by atoms with Gasteiger partial charge in [-0.15, -0.1) is 11.8 Å². The van der Waals surface area contributed by atoms with Gasteiger partial charge in [-0.05, 0) is 30.3 Å². The molecule has 0 saturated carbocycles. The molecule has 2 atom stereocenters. The van der Waals surface area contributed by atoms with Crippen molar-refractivity contribution in [1.29, 1.82) is 0 Å². The number of carbonyl (C=O) groups is 2. The molecule has 4 heterocycles. The molecule has 1 aromatic carbocycles. The number of thioether (sulfide) groups is 1. The minimum absolute atomic E-state index is 0.0469. The predicted octanol–water partition coefficient (Wildman–Crippen LogP) is 1.52. The van der Waals surface area contributed by atoms with Crippen molar-refractivity contribution in [2.45, 2.75) is 22.0 Å². The maximum absolute atomic E-state index is 12.7. The molecule has 2 aliphatic rings. The Morgan fingerprint density at radius 3 is 2.95 bits per heavy atom. The van der Waals surface area contributed by atoms with Gasteiger partial charge in [0.2, 0.25) is 21.8 Å². The molecular formula is C23H23N5O7S2. The summed E-state index contributed by atoms with van der Waals surface area (Å²) in [6.07, 6.45) is -0.884. The molecule has 0 spiro atoms. The second-order valence-electron chi connectivity index (χ2n) is 8.40. The van der Waals surface area contributed by atoms with E-state index in [1.165, 1.54) is 35.9 Å². The van der Waals surface area contributed by atoms with Crippen LogP contribution in [0.5, 0.6) is 5.88 Å². The number of rotatable bonds is 8. The van der Waals surface area contributed by atoms with Crippen LogP contribution in [0.4, 0.5) is 10.5 Å². The molecule has 194 valence electrons. The van der Waals surface area contributed by atoms with Crippen LogP contribution in [0.15, 0.2) is 52.4 Å². The highest BCUT2D eigenvalue weighted by atomic mass is 32.2. The predicted molar refractivity (Wildman–Crippen MR) is 134 cm³/mol. The maximum atomic E-state index is 12.7. The third-order valence-electron chi connectivity index (χ3n) is 5.87. The molecule has 2 amide bonds. The van der Waals surface area contributed by atoms with Crippen LogP contribution in [-0.4, -0.2) is 79.0 Å². The van der Waals surface area contributed by atoms with Crippen molar-refractivity contribution in [3.05, 3.63) is 48.2 Å². The van der Waals surface area contributed by atoms with Gasteiger partial charge in [0.1, 0.15) is 6.10 Å². The van der Waals surface area contributed by atoms with Gasteiger partial charge in [-0.3, -0.25) is 9.78 Å². The summed E-state index contributed by atoms with van der Waals surface area (Å²) in [5, 5.41) is 13.1. The van der Waals surface area contributed by atoms with Crippen molar-refractivity contribution in [3.63, 3.8) is 0 Å². The maximum Gasteiger partial charge on any atom is 0.410 e. The number of aliphatic hydroxyl groups excluding tert-OH is 1. The van der Waals surface area contributed by atoms with Crippen molar-refractivity contribution < 1.29 is 32.6 Å². The molecule has 0 bridgehead atoms. The Morgan fingerprint density at radius 1 is 1.30 bits per heavy atom. The molecule has 12 nitrogen and oxygen atoms in total. The molecule has 0 aliphatic carbocycles. The van der Waals surface area contributed by atoms with Gasteiger partial charge in [0.15, 0.2) is 0 Å². The third kappa shape index (κ3) is 5.32. The first kappa shape index (κ1) is 25.2. The van der Waals surface area contributed by atoms with Crippen LogP contribution < -0.4 is 14.8 Å². The zero-order chi connectivity index (χ0) is 26.2. The van der Waals surface area contributed by atoms with Crippen molar-refractivity contribution in [1.82, 2.24) is 19.6 Å². The number of cyclic esters (lactones) is 1. The number of nitrogens with zero attached hydrogens (tertiary/aromatic N) is 3. The second kappa shape index (κ2) is 10.1. The largest absolute Gasteiger partial charge is 0.481 e. The number of aliphatic hydroxyl groups is 1. The number of sulfonamides is 1. The number of nitrogens with one attached hydrogen (secondary N) is 2. The summed E-state index contributed by atoms with van der Waals surface area (Å²) in [6, 6.07) is 9.58. The topological polar surface area (TPSA) is 160 Å². The zero-order valence-electron chi connectivity index (χ0n) is 19.6. The van der Waals surface area contributed by atoms with E-state index in [1.807, 2.05) is 0 Å². The van der Waals surface area contributed by atoms with E-state index < -0.39 is 28.3 Å². The number of ether oxygens (including phenoxy) is 2. The molecule has 3 N–H and O–H groups in total. The van der Waals surface area contributed by atoms with E-state index in [1.54, 1.807) is 30.5 Å². The summed E-state index contributed by atoms with van der Waals surface area (Å²) in [7, 11) is -2.47. The summed E-state index contributed by atoms with van der Waals surface area (Å²) in [5.41, 5.74) is 2.22. The first-order chi connectivity index (χ1) is 17.7. The standard InChI is InChI=1S/C23H23N5O7S2/c1-34-21-5-3-16-22(27-21)15(6-7-24-16)18-11-28(23(31)35-18)10-13(29)9-25-37(32,33)14-2-4-19-17(8-14)26-20(30)12-36-19/h2-8,13,18,25,29H,9-12H2,1H3,(H,26,30)/t13-,18-/m0/s1. The van der Waals surface area contributed by atoms with E-state index in [-0.39, 0.29) is 36.2 Å². The monoisotopic (exact) mass is 545 g/mol. The highest BCUT2D eigenvalue weighted by Crippen LogP contribution is 2.33. The molecule has 0 unspecified atom stereocenters. The highest BCUT2D eigenvalue weighted by molar-refractivity contribution is 8.00. The average Bonchev–Trinajstić information content (AvgIpc) is 3.25. The molecule has 37 heavy (non-hydrogen) atoms. The van der Waals surface area contributed by atoms with Gasteiger partial charge >= 0.3 is 6.09 Å². The third-order valence-corrected chi connectivity index (χ3v) is 8.36. The van der Waals surface area contributed by atoms with Gasteiger partial charge < -0.3 is 24.8 Å². The number of hydrogen-bond acceptors (Lipinski definition) is 10. The van der Waals surface area contributed by atoms with Crippen LogP contribution in [0, 0.1) is 0 Å². The number of anilines is 1. The smallest absolute Gasteiger partial charge is 0.410 e. The van der Waals surface area contributed by atoms with Gasteiger partial charge in [-0.1, -0.05) is 0 Å². The van der Waals surface area contributed by atoms with Crippen molar-refractivity contribution in [2.75, 3.05) is 37.8 Å². The SMILES string of the molecule is COc1ccc2nccc([C@@H]3CN(C[C@@H](O)CNS(=O)(=O)c4ccc5c(c4)NC(=O)CS5)C(=O)O3)c2n1. The Kier molecular flexibility index (Phi) is 6.90. The normalized spacial score (nSPS) is 18.3. The van der Waals surface area contributed by atoms with Crippen LogP contribution in [-0.2, 0) is 19.6 Å². The van der Waals surface area contributed by atoms with Crippen LogP contribution in [0.2, 0.25) is 0 Å². The number of benzene rings is 1. The molecule has 2 aromatic heterocycles. The van der Waals surface area contributed by atoms with E-state index in [2.05, 4.69) is 20.0 Å². The van der Waals surface area contributed by atoms with Gasteiger partial charge in [0.25, 0.3) is 0 Å². The molecule has 1 saturated heterocycles. The van der Waals surface area contributed by atoms with Crippen molar-refractivity contribution in [2.24, 2.45) is 0 Å². The molecule has 14 heteroatoms. The number of pyridine rings is 2. The lowest BCUT2D eigenvalue weighted by atomic mass is 10.1. The minimum atomic E-state index is -3.97. The Balaban J connectivity index is 1.22. The van der Waals surface area contributed by atoms with E-state index in [0.717, 1.165) is 4.90 Å². The molecule has 2 aliphatic heterocycles. The lowest BCUT2D eigenvalue weighted by Gasteiger charge is -2.19. The molecule has 1 fully saturated rings. The fourth-order valence-electron chi connectivity index (χ4n) is 4.06. The Morgan fingerprint density at radius 2 is 2.14 bits per heavy atom. The molecule has 3 aromatic rings. The summed E-state index contributed by atoms with van der Waals surface area (Å²) >= 11 is 1.32. The zero-order valence-corrected chi connectivity index (χ0v) is 21.2. The Labute approximate surface area is 216 Å². The number of aromatic nitrogens is 2. The number of fused-ring (bicyclic) bond motifs is 2. The number of amides is 2. The van der Waals surface area contributed by atoms with E-state index in [0.29, 0.717) is 28.2 Å². The van der Waals surface area contributed by atoms with Gasteiger partial charge in [0, 0.05) is 29.3 Å².